The molecule has 1 aromatic heterocycles. The molecule has 1 heterocycles. The van der Waals surface area contributed by atoms with Gasteiger partial charge in [-0.3, -0.25) is 11.3 Å². The molecule has 0 amide bonds. The van der Waals surface area contributed by atoms with E-state index in [1.807, 2.05) is 6.07 Å². The van der Waals surface area contributed by atoms with Crippen molar-refractivity contribution in [2.45, 2.75) is 44.6 Å². The molecule has 0 fully saturated rings. The number of rotatable bonds is 5. The normalized spacial score (nSPS) is 17.9. The molecule has 2 nitrogen and oxygen atoms in total. The van der Waals surface area contributed by atoms with Gasteiger partial charge in [0.05, 0.1) is 4.34 Å². The van der Waals surface area contributed by atoms with Gasteiger partial charge in [-0.05, 0) is 50.7 Å². The van der Waals surface area contributed by atoms with Crippen LogP contribution in [0.25, 0.3) is 0 Å². The summed E-state index contributed by atoms with van der Waals surface area (Å²) in [6, 6.07) is 4.37. The quantitative estimate of drug-likeness (QED) is 0.487. The van der Waals surface area contributed by atoms with Gasteiger partial charge < -0.3 is 0 Å². The Labute approximate surface area is 112 Å². The van der Waals surface area contributed by atoms with E-state index >= 15 is 0 Å². The largest absolute Gasteiger partial charge is 0.271 e. The lowest BCUT2D eigenvalue weighted by Crippen LogP contribution is -2.37. The van der Waals surface area contributed by atoms with Crippen LogP contribution >= 0.6 is 22.9 Å². The third-order valence-electron chi connectivity index (χ3n) is 3.21. The molecule has 0 saturated carbocycles. The second-order valence-electron chi connectivity index (χ2n) is 4.59. The Hall–Kier alpha value is -0.350. The Balaban J connectivity index is 1.90. The highest BCUT2D eigenvalue weighted by molar-refractivity contribution is 7.16. The monoisotopic (exact) mass is 270 g/mol. The van der Waals surface area contributed by atoms with Gasteiger partial charge in [0.1, 0.15) is 0 Å². The van der Waals surface area contributed by atoms with Crippen LogP contribution in [0.5, 0.6) is 0 Å². The van der Waals surface area contributed by atoms with E-state index in [2.05, 4.69) is 17.6 Å². The van der Waals surface area contributed by atoms with Crippen molar-refractivity contribution in [2.75, 3.05) is 0 Å². The minimum absolute atomic E-state index is 0.328. The van der Waals surface area contributed by atoms with E-state index in [-0.39, 0.29) is 0 Å². The summed E-state index contributed by atoms with van der Waals surface area (Å²) in [4.78, 5) is 1.30. The van der Waals surface area contributed by atoms with Crippen LogP contribution in [0.2, 0.25) is 4.34 Å². The lowest BCUT2D eigenvalue weighted by molar-refractivity contribution is 0.507. The van der Waals surface area contributed by atoms with Crippen molar-refractivity contribution in [2.24, 2.45) is 5.84 Å². The summed E-state index contributed by atoms with van der Waals surface area (Å²) in [5.74, 6) is 5.64. The fraction of sp³-hybridized carbons (Fsp3) is 0.538. The summed E-state index contributed by atoms with van der Waals surface area (Å²) in [6.45, 7) is 0. The molecule has 0 bridgehead atoms. The van der Waals surface area contributed by atoms with Crippen LogP contribution in [-0.4, -0.2) is 6.04 Å². The van der Waals surface area contributed by atoms with Gasteiger partial charge in [-0.2, -0.15) is 0 Å². The molecule has 0 aliphatic heterocycles. The first kappa shape index (κ1) is 13.1. The molecule has 0 saturated heterocycles. The zero-order valence-corrected chi connectivity index (χ0v) is 11.5. The van der Waals surface area contributed by atoms with Crippen LogP contribution in [0.15, 0.2) is 23.8 Å². The number of nitrogens with two attached hydrogens (primary N) is 1. The molecule has 1 atom stereocenters. The number of hydrogen-bond acceptors (Lipinski definition) is 3. The molecule has 1 unspecified atom stereocenters. The highest BCUT2D eigenvalue weighted by Gasteiger charge is 2.13. The van der Waals surface area contributed by atoms with E-state index in [4.69, 9.17) is 17.4 Å². The summed E-state index contributed by atoms with van der Waals surface area (Å²) >= 11 is 7.58. The molecule has 4 heteroatoms. The smallest absolute Gasteiger partial charge is 0.0931 e. The number of halogens is 1. The van der Waals surface area contributed by atoms with Gasteiger partial charge in [-0.1, -0.05) is 23.3 Å². The lowest BCUT2D eigenvalue weighted by atomic mass is 9.93. The maximum absolute atomic E-state index is 5.93. The average molecular weight is 271 g/mol. The number of nitrogens with one attached hydrogen (secondary N) is 1. The maximum atomic E-state index is 5.93. The number of thiophene rings is 1. The van der Waals surface area contributed by atoms with Gasteiger partial charge in [0, 0.05) is 10.9 Å². The zero-order valence-electron chi connectivity index (χ0n) is 9.92. The first-order chi connectivity index (χ1) is 8.28. The van der Waals surface area contributed by atoms with Crippen molar-refractivity contribution < 1.29 is 0 Å². The standard InChI is InChI=1S/C13H19ClN2S/c14-13-7-6-12(17-13)9-11(16-15)8-10-4-2-1-3-5-10/h4,6-7,11,16H,1-3,5,8-9,15H2. The van der Waals surface area contributed by atoms with Gasteiger partial charge in [-0.25, -0.2) is 0 Å². The van der Waals surface area contributed by atoms with Crippen LogP contribution in [0.3, 0.4) is 0 Å². The van der Waals surface area contributed by atoms with E-state index < -0.39 is 0 Å². The van der Waals surface area contributed by atoms with Gasteiger partial charge in [0.2, 0.25) is 0 Å². The first-order valence-electron chi connectivity index (χ1n) is 6.16. The molecule has 2 rings (SSSR count). The summed E-state index contributed by atoms with van der Waals surface area (Å²) in [6.07, 6.45) is 9.55. The molecular formula is C13H19ClN2S. The molecule has 3 N–H and O–H groups in total. The van der Waals surface area contributed by atoms with Crippen molar-refractivity contribution in [3.05, 3.63) is 33.0 Å². The Morgan fingerprint density at radius 2 is 2.24 bits per heavy atom. The molecule has 0 radical (unpaired) electrons. The Morgan fingerprint density at radius 1 is 1.35 bits per heavy atom. The van der Waals surface area contributed by atoms with E-state index in [1.165, 1.54) is 30.6 Å². The molecule has 0 spiro atoms. The number of allylic oxidation sites excluding steroid dienone is 1. The number of hydrazine groups is 1. The van der Waals surface area contributed by atoms with Crippen LogP contribution in [0.1, 0.15) is 37.0 Å². The molecule has 1 aliphatic rings. The van der Waals surface area contributed by atoms with Crippen molar-refractivity contribution in [1.29, 1.82) is 0 Å². The van der Waals surface area contributed by atoms with Crippen LogP contribution in [0.4, 0.5) is 0 Å². The maximum Gasteiger partial charge on any atom is 0.0931 e. The third kappa shape index (κ3) is 4.11. The van der Waals surface area contributed by atoms with Crippen molar-refractivity contribution in [3.8, 4) is 0 Å². The second kappa shape index (κ2) is 6.55. The predicted molar refractivity (Wildman–Crippen MR) is 75.3 cm³/mol. The van der Waals surface area contributed by atoms with Gasteiger partial charge in [0.15, 0.2) is 0 Å². The van der Waals surface area contributed by atoms with E-state index in [0.717, 1.165) is 17.2 Å². The molecular weight excluding hydrogens is 252 g/mol. The van der Waals surface area contributed by atoms with Crippen LogP contribution in [0, 0.1) is 0 Å². The fourth-order valence-electron chi connectivity index (χ4n) is 2.30. The van der Waals surface area contributed by atoms with E-state index in [1.54, 1.807) is 16.9 Å². The van der Waals surface area contributed by atoms with Crippen LogP contribution in [-0.2, 0) is 6.42 Å². The Bertz CT molecular complexity index is 387. The van der Waals surface area contributed by atoms with Crippen LogP contribution < -0.4 is 11.3 Å². The third-order valence-corrected chi connectivity index (χ3v) is 4.46. The summed E-state index contributed by atoms with van der Waals surface area (Å²) in [5, 5.41) is 0. The average Bonchev–Trinajstić information content (AvgIpc) is 2.75. The molecule has 1 aromatic rings. The second-order valence-corrected chi connectivity index (χ2v) is 6.39. The topological polar surface area (TPSA) is 38.0 Å². The SMILES string of the molecule is NNC(CC1=CCCCC1)Cc1ccc(Cl)s1. The summed E-state index contributed by atoms with van der Waals surface area (Å²) < 4.78 is 0.854. The molecule has 0 aromatic carbocycles. The van der Waals surface area contributed by atoms with E-state index in [9.17, 15) is 0 Å². The first-order valence-corrected chi connectivity index (χ1v) is 7.35. The minimum Gasteiger partial charge on any atom is -0.271 e. The summed E-state index contributed by atoms with van der Waals surface area (Å²) in [5.41, 5.74) is 4.49. The minimum atomic E-state index is 0.328. The van der Waals surface area contributed by atoms with E-state index in [0.29, 0.717) is 6.04 Å². The zero-order chi connectivity index (χ0) is 12.1. The fourth-order valence-corrected chi connectivity index (χ4v) is 3.47. The van der Waals surface area contributed by atoms with Crippen molar-refractivity contribution in [3.63, 3.8) is 0 Å². The van der Waals surface area contributed by atoms with Crippen molar-refractivity contribution >= 4 is 22.9 Å². The predicted octanol–water partition coefficient (Wildman–Crippen LogP) is 3.67. The highest BCUT2D eigenvalue weighted by Crippen LogP contribution is 2.25. The lowest BCUT2D eigenvalue weighted by Gasteiger charge is -2.19. The molecule has 1 aliphatic carbocycles. The summed E-state index contributed by atoms with van der Waals surface area (Å²) in [7, 11) is 0. The van der Waals surface area contributed by atoms with Gasteiger partial charge in [0.25, 0.3) is 0 Å². The Kier molecular flexibility index (Phi) is 5.04. The van der Waals surface area contributed by atoms with Crippen molar-refractivity contribution in [1.82, 2.24) is 5.43 Å². The Morgan fingerprint density at radius 3 is 2.82 bits per heavy atom. The van der Waals surface area contributed by atoms with Gasteiger partial charge >= 0.3 is 0 Å². The molecule has 17 heavy (non-hydrogen) atoms. The number of hydrogen-bond donors (Lipinski definition) is 2. The highest BCUT2D eigenvalue weighted by atomic mass is 35.5. The molecule has 94 valence electrons. The van der Waals surface area contributed by atoms with Gasteiger partial charge in [-0.15, -0.1) is 11.3 Å².